The van der Waals surface area contributed by atoms with Gasteiger partial charge in [0.15, 0.2) is 6.67 Å². The smallest absolute Gasteiger partial charge is 0.351 e. The lowest BCUT2D eigenvalue weighted by atomic mass is 10.1. The molecule has 1 N–H and O–H groups in total. The van der Waals surface area contributed by atoms with Gasteiger partial charge in [0.1, 0.15) is 11.8 Å². The first-order chi connectivity index (χ1) is 10.7. The van der Waals surface area contributed by atoms with E-state index in [1.807, 2.05) is 0 Å². The fraction of sp³-hybridized carbons (Fsp3) is 0.214. The van der Waals surface area contributed by atoms with Crippen molar-refractivity contribution in [3.05, 3.63) is 45.0 Å². The minimum atomic E-state index is -4.91. The predicted octanol–water partition coefficient (Wildman–Crippen LogP) is 5.67. The van der Waals surface area contributed by atoms with E-state index in [0.29, 0.717) is 5.02 Å². The number of aromatic nitrogens is 1. The number of H-pyrrole nitrogens is 1. The first-order valence-electron chi connectivity index (χ1n) is 6.05. The molecule has 0 amide bonds. The van der Waals surface area contributed by atoms with Gasteiger partial charge in [0.05, 0.1) is 15.7 Å². The van der Waals surface area contributed by atoms with Crippen LogP contribution in [0.1, 0.15) is 11.3 Å². The Morgan fingerprint density at radius 2 is 1.74 bits per heavy atom. The highest BCUT2D eigenvalue weighted by Gasteiger charge is 2.59. The summed E-state index contributed by atoms with van der Waals surface area (Å²) in [5.74, 6) is -9.73. The van der Waals surface area contributed by atoms with Gasteiger partial charge in [-0.1, -0.05) is 23.7 Å². The fourth-order valence-electron chi connectivity index (χ4n) is 1.90. The number of alkyl halides is 5. The van der Waals surface area contributed by atoms with Crippen molar-refractivity contribution in [1.82, 2.24) is 4.98 Å². The van der Waals surface area contributed by atoms with E-state index in [1.54, 1.807) is 6.07 Å². The van der Waals surface area contributed by atoms with E-state index in [9.17, 15) is 22.0 Å². The molecule has 0 saturated carbocycles. The van der Waals surface area contributed by atoms with Crippen molar-refractivity contribution in [3.8, 4) is 17.3 Å². The summed E-state index contributed by atoms with van der Waals surface area (Å²) in [4.78, 5) is 2.11. The number of nitrogens with zero attached hydrogens (tertiary/aromatic N) is 1. The molecule has 0 bridgehead atoms. The second-order valence-corrected chi connectivity index (χ2v) is 5.82. The average molecular weight is 414 g/mol. The molecule has 23 heavy (non-hydrogen) atoms. The second-order valence-electron chi connectivity index (χ2n) is 4.60. The zero-order valence-electron chi connectivity index (χ0n) is 11.1. The molecule has 1 heterocycles. The Morgan fingerprint density at radius 3 is 2.22 bits per heavy atom. The van der Waals surface area contributed by atoms with E-state index in [1.165, 1.54) is 24.3 Å². The van der Waals surface area contributed by atoms with Crippen LogP contribution >= 0.6 is 27.5 Å². The second kappa shape index (κ2) is 6.13. The summed E-state index contributed by atoms with van der Waals surface area (Å²) in [5, 5.41) is 9.49. The molecule has 1 aromatic carbocycles. The van der Waals surface area contributed by atoms with Crippen molar-refractivity contribution >= 4 is 27.5 Å². The van der Waals surface area contributed by atoms with Crippen molar-refractivity contribution < 1.29 is 22.0 Å². The molecule has 122 valence electrons. The van der Waals surface area contributed by atoms with E-state index in [0.717, 1.165) is 0 Å². The normalized spacial score (nSPS) is 12.3. The highest BCUT2D eigenvalue weighted by molar-refractivity contribution is 9.10. The third kappa shape index (κ3) is 2.95. The van der Waals surface area contributed by atoms with Crippen LogP contribution in [0.2, 0.25) is 5.02 Å². The van der Waals surface area contributed by atoms with Gasteiger partial charge < -0.3 is 4.98 Å². The van der Waals surface area contributed by atoms with Gasteiger partial charge >= 0.3 is 11.8 Å². The molecule has 0 aliphatic carbocycles. The van der Waals surface area contributed by atoms with Crippen LogP contribution in [0.15, 0.2) is 28.7 Å². The summed E-state index contributed by atoms with van der Waals surface area (Å²) < 4.78 is 66.1. The number of nitriles is 1. The Kier molecular flexibility index (Phi) is 4.74. The number of benzene rings is 1. The minimum absolute atomic E-state index is 0.0969. The summed E-state index contributed by atoms with van der Waals surface area (Å²) in [6.45, 7) is -2.54. The lowest BCUT2D eigenvalue weighted by Crippen LogP contribution is -2.40. The van der Waals surface area contributed by atoms with E-state index in [-0.39, 0.29) is 16.8 Å². The highest BCUT2D eigenvalue weighted by atomic mass is 79.9. The molecule has 0 aliphatic heterocycles. The molecule has 1 aromatic heterocycles. The Balaban J connectivity index is 2.66. The molecule has 0 unspecified atom stereocenters. The van der Waals surface area contributed by atoms with Gasteiger partial charge in [-0.15, -0.1) is 0 Å². The largest absolute Gasteiger partial charge is 0.353 e. The molecule has 0 fully saturated rings. The van der Waals surface area contributed by atoms with E-state index in [2.05, 4.69) is 20.9 Å². The first kappa shape index (κ1) is 17.8. The molecule has 0 radical (unpaired) electrons. The van der Waals surface area contributed by atoms with Crippen LogP contribution in [0.4, 0.5) is 22.0 Å². The van der Waals surface area contributed by atoms with Crippen LogP contribution in [0.5, 0.6) is 0 Å². The maximum Gasteiger partial charge on any atom is 0.353 e. The van der Waals surface area contributed by atoms with Crippen LogP contribution < -0.4 is 0 Å². The molecule has 0 aliphatic rings. The molecule has 0 atom stereocenters. The first-order valence-corrected chi connectivity index (χ1v) is 7.22. The summed E-state index contributed by atoms with van der Waals surface area (Å²) in [5.41, 5.74) is -1.36. The average Bonchev–Trinajstić information content (AvgIpc) is 2.85. The number of hydrogen-bond donors (Lipinski definition) is 1. The zero-order chi connectivity index (χ0) is 17.4. The molecular weight excluding hydrogens is 407 g/mol. The van der Waals surface area contributed by atoms with Gasteiger partial charge in [-0.2, -0.15) is 22.8 Å². The quantitative estimate of drug-likeness (QED) is 0.645. The Morgan fingerprint density at radius 1 is 1.17 bits per heavy atom. The lowest BCUT2D eigenvalue weighted by Gasteiger charge is -2.23. The Bertz CT molecular complexity index is 765. The van der Waals surface area contributed by atoms with Crippen molar-refractivity contribution in [2.75, 3.05) is 6.67 Å². The number of aromatic amines is 1. The summed E-state index contributed by atoms with van der Waals surface area (Å²) in [6.07, 6.45) is 0. The maximum atomic E-state index is 13.9. The van der Waals surface area contributed by atoms with Gasteiger partial charge in [-0.05, 0) is 33.6 Å². The molecule has 0 spiro atoms. The predicted molar refractivity (Wildman–Crippen MR) is 78.5 cm³/mol. The van der Waals surface area contributed by atoms with Crippen molar-refractivity contribution in [1.29, 1.82) is 5.26 Å². The van der Waals surface area contributed by atoms with E-state index in [4.69, 9.17) is 16.9 Å². The van der Waals surface area contributed by atoms with Gasteiger partial charge in [0.25, 0.3) is 0 Å². The SMILES string of the molecule is N#Cc1c(-c2ccc(Cl)cc2)[nH]c(C(F)(F)C(F)(F)CF)c1Br. The molecule has 9 heteroatoms. The van der Waals surface area contributed by atoms with Crippen LogP contribution in [-0.2, 0) is 5.92 Å². The van der Waals surface area contributed by atoms with Gasteiger partial charge in [-0.3, -0.25) is 0 Å². The zero-order valence-corrected chi connectivity index (χ0v) is 13.5. The highest BCUT2D eigenvalue weighted by Crippen LogP contribution is 2.47. The maximum absolute atomic E-state index is 13.9. The molecule has 0 saturated heterocycles. The van der Waals surface area contributed by atoms with Crippen molar-refractivity contribution in [3.63, 3.8) is 0 Å². The minimum Gasteiger partial charge on any atom is -0.351 e. The molecule has 2 rings (SSSR count). The van der Waals surface area contributed by atoms with Crippen LogP contribution in [0.25, 0.3) is 11.3 Å². The number of nitrogens with one attached hydrogen (secondary N) is 1. The van der Waals surface area contributed by atoms with Crippen molar-refractivity contribution in [2.45, 2.75) is 11.8 Å². The van der Waals surface area contributed by atoms with Gasteiger partial charge in [0, 0.05) is 5.02 Å². The number of halogens is 7. The Hall–Kier alpha value is -1.59. The van der Waals surface area contributed by atoms with E-state index >= 15 is 0 Å². The fourth-order valence-corrected chi connectivity index (χ4v) is 2.66. The number of rotatable bonds is 4. The standard InChI is InChI=1S/C14H7BrClF5N2/c15-10-9(5-22)11(7-1-3-8(16)4-2-7)23-12(10)14(20,21)13(18,19)6-17/h1-4,23H,6H2. The van der Waals surface area contributed by atoms with E-state index < -0.39 is 28.7 Å². The number of hydrogen-bond acceptors (Lipinski definition) is 1. The third-order valence-electron chi connectivity index (χ3n) is 3.12. The third-order valence-corrected chi connectivity index (χ3v) is 4.17. The lowest BCUT2D eigenvalue weighted by molar-refractivity contribution is -0.224. The summed E-state index contributed by atoms with van der Waals surface area (Å²) in [7, 11) is 0. The molecule has 2 nitrogen and oxygen atoms in total. The molecule has 2 aromatic rings. The van der Waals surface area contributed by atoms with Crippen molar-refractivity contribution in [2.24, 2.45) is 0 Å². The summed E-state index contributed by atoms with van der Waals surface area (Å²) >= 11 is 8.43. The summed E-state index contributed by atoms with van der Waals surface area (Å²) in [6, 6.07) is 7.40. The molecular formula is C14H7BrClF5N2. The monoisotopic (exact) mass is 412 g/mol. The van der Waals surface area contributed by atoms with Gasteiger partial charge in [0.2, 0.25) is 0 Å². The van der Waals surface area contributed by atoms with Crippen LogP contribution in [0.3, 0.4) is 0 Å². The topological polar surface area (TPSA) is 39.6 Å². The Labute approximate surface area is 141 Å². The van der Waals surface area contributed by atoms with Crippen LogP contribution in [0, 0.1) is 11.3 Å². The van der Waals surface area contributed by atoms with Crippen LogP contribution in [-0.4, -0.2) is 17.6 Å². The van der Waals surface area contributed by atoms with Gasteiger partial charge in [-0.25, -0.2) is 4.39 Å².